The summed E-state index contributed by atoms with van der Waals surface area (Å²) in [5, 5.41) is 2.95. The molecule has 0 fully saturated rings. The van der Waals surface area contributed by atoms with E-state index in [9.17, 15) is 18.0 Å². The van der Waals surface area contributed by atoms with Gasteiger partial charge in [-0.05, 0) is 73.4 Å². The first-order valence-corrected chi connectivity index (χ1v) is 14.5. The van der Waals surface area contributed by atoms with E-state index in [0.29, 0.717) is 17.8 Å². The molecule has 4 aromatic rings. The average Bonchev–Trinajstić information content (AvgIpc) is 2.93. The van der Waals surface area contributed by atoms with E-state index < -0.39 is 21.4 Å². The van der Waals surface area contributed by atoms with Crippen LogP contribution in [-0.2, 0) is 16.4 Å². The van der Waals surface area contributed by atoms with Crippen LogP contribution in [0.2, 0.25) is 0 Å². The summed E-state index contributed by atoms with van der Waals surface area (Å²) >= 11 is 0. The number of carbonyl (C=O) groups excluding carboxylic acids is 1. The molecule has 1 aromatic heterocycles. The van der Waals surface area contributed by atoms with Crippen molar-refractivity contribution < 1.29 is 17.9 Å². The Bertz CT molecular complexity index is 1610. The van der Waals surface area contributed by atoms with Crippen LogP contribution in [0.15, 0.2) is 82.6 Å². The van der Waals surface area contributed by atoms with Crippen LogP contribution < -0.4 is 20.2 Å². The second-order valence-electron chi connectivity index (χ2n) is 9.36. The smallest absolute Gasteiger partial charge is 0.261 e. The minimum absolute atomic E-state index is 0.0766. The molecule has 4 rings (SSSR count). The number of amides is 1. The van der Waals surface area contributed by atoms with Crippen molar-refractivity contribution in [2.24, 2.45) is 0 Å². The van der Waals surface area contributed by atoms with Crippen LogP contribution in [0.3, 0.4) is 0 Å². The predicted molar refractivity (Wildman–Crippen MR) is 154 cm³/mol. The van der Waals surface area contributed by atoms with E-state index in [2.05, 4.69) is 21.9 Å². The molecule has 1 heterocycles. The molecule has 0 radical (unpaired) electrons. The molecule has 0 unspecified atom stereocenters. The second-order valence-corrected chi connectivity index (χ2v) is 11.0. The zero-order valence-corrected chi connectivity index (χ0v) is 23.1. The fourth-order valence-corrected chi connectivity index (χ4v) is 5.19. The van der Waals surface area contributed by atoms with Gasteiger partial charge in [0.1, 0.15) is 11.3 Å². The van der Waals surface area contributed by atoms with Crippen LogP contribution in [0.5, 0.6) is 5.75 Å². The summed E-state index contributed by atoms with van der Waals surface area (Å²) in [7, 11) is -3.95. The minimum Gasteiger partial charge on any atom is -0.494 e. The molecule has 204 valence electrons. The zero-order chi connectivity index (χ0) is 28.0. The molecule has 9 heteroatoms. The van der Waals surface area contributed by atoms with Crippen molar-refractivity contribution >= 4 is 32.5 Å². The highest BCUT2D eigenvalue weighted by atomic mass is 32.2. The first-order valence-electron chi connectivity index (χ1n) is 13.0. The summed E-state index contributed by atoms with van der Waals surface area (Å²) in [6, 6.07) is 18.4. The lowest BCUT2D eigenvalue weighted by Gasteiger charge is -2.15. The molecule has 1 amide bonds. The lowest BCUT2D eigenvalue weighted by Crippen LogP contribution is -2.31. The number of carbonyl (C=O) groups is 1. The third-order valence-electron chi connectivity index (χ3n) is 6.52. The van der Waals surface area contributed by atoms with Gasteiger partial charge in [-0.2, -0.15) is 0 Å². The van der Waals surface area contributed by atoms with Crippen molar-refractivity contribution in [1.29, 1.82) is 0 Å². The number of aromatic nitrogens is 1. The molecule has 3 N–H and O–H groups in total. The third kappa shape index (κ3) is 6.67. The Labute approximate surface area is 228 Å². The Kier molecular flexibility index (Phi) is 8.71. The van der Waals surface area contributed by atoms with Gasteiger partial charge in [0.2, 0.25) is 5.43 Å². The van der Waals surface area contributed by atoms with Crippen molar-refractivity contribution in [3.63, 3.8) is 0 Å². The predicted octanol–water partition coefficient (Wildman–Crippen LogP) is 5.56. The van der Waals surface area contributed by atoms with Gasteiger partial charge >= 0.3 is 0 Å². The van der Waals surface area contributed by atoms with Gasteiger partial charge in [-0.3, -0.25) is 14.3 Å². The summed E-state index contributed by atoms with van der Waals surface area (Å²) in [5.41, 5.74) is 2.13. The number of unbranched alkanes of at least 4 members (excludes halogenated alkanes) is 1. The maximum atomic E-state index is 13.3. The average molecular weight is 548 g/mol. The largest absolute Gasteiger partial charge is 0.494 e. The van der Waals surface area contributed by atoms with Crippen LogP contribution in [0.25, 0.3) is 10.9 Å². The topological polar surface area (TPSA) is 117 Å². The van der Waals surface area contributed by atoms with E-state index in [-0.39, 0.29) is 21.9 Å². The summed E-state index contributed by atoms with van der Waals surface area (Å²) in [5.74, 6) is 0.200. The van der Waals surface area contributed by atoms with E-state index >= 15 is 0 Å². The number of aryl methyl sites for hydroxylation is 1. The number of pyridine rings is 1. The van der Waals surface area contributed by atoms with E-state index in [0.717, 1.165) is 36.1 Å². The minimum atomic E-state index is -3.95. The molecule has 0 spiro atoms. The maximum absolute atomic E-state index is 13.3. The van der Waals surface area contributed by atoms with Gasteiger partial charge < -0.3 is 15.0 Å². The SMILES string of the molecule is CCCCOc1ccc([C@@H](C)NC(=O)c2c[nH]c3ccc(S(=O)(=O)Nc4ccc(CC)cc4)cc3c2=O)cc1. The Morgan fingerprint density at radius 1 is 1.00 bits per heavy atom. The summed E-state index contributed by atoms with van der Waals surface area (Å²) in [4.78, 5) is 29.1. The fraction of sp³-hybridized carbons (Fsp3) is 0.267. The Morgan fingerprint density at radius 3 is 2.38 bits per heavy atom. The van der Waals surface area contributed by atoms with Crippen LogP contribution >= 0.6 is 0 Å². The number of hydrogen-bond acceptors (Lipinski definition) is 5. The highest BCUT2D eigenvalue weighted by Gasteiger charge is 2.19. The van der Waals surface area contributed by atoms with Gasteiger partial charge in [0.15, 0.2) is 0 Å². The van der Waals surface area contributed by atoms with Crippen molar-refractivity contribution in [2.75, 3.05) is 11.3 Å². The van der Waals surface area contributed by atoms with Gasteiger partial charge in [0.05, 0.1) is 17.5 Å². The number of nitrogens with one attached hydrogen (secondary N) is 3. The molecule has 0 saturated heterocycles. The van der Waals surface area contributed by atoms with Gasteiger partial charge in [0.25, 0.3) is 15.9 Å². The molecule has 0 aliphatic rings. The van der Waals surface area contributed by atoms with Crippen molar-refractivity contribution in [2.45, 2.75) is 51.0 Å². The highest BCUT2D eigenvalue weighted by molar-refractivity contribution is 7.92. The number of aromatic amines is 1. The monoisotopic (exact) mass is 547 g/mol. The molecular formula is C30H33N3O5S. The second kappa shape index (κ2) is 12.2. The number of sulfonamides is 1. The van der Waals surface area contributed by atoms with Gasteiger partial charge in [-0.15, -0.1) is 0 Å². The third-order valence-corrected chi connectivity index (χ3v) is 7.89. The molecular weight excluding hydrogens is 514 g/mol. The molecule has 3 aromatic carbocycles. The van der Waals surface area contributed by atoms with Gasteiger partial charge in [-0.25, -0.2) is 8.42 Å². The van der Waals surface area contributed by atoms with Crippen molar-refractivity contribution in [3.05, 3.63) is 99.8 Å². The quantitative estimate of drug-likeness (QED) is 0.213. The fourth-order valence-electron chi connectivity index (χ4n) is 4.10. The number of benzene rings is 3. The number of fused-ring (bicyclic) bond motifs is 1. The van der Waals surface area contributed by atoms with E-state index in [4.69, 9.17) is 4.74 Å². The van der Waals surface area contributed by atoms with E-state index in [1.54, 1.807) is 12.1 Å². The van der Waals surface area contributed by atoms with Gasteiger partial charge in [0, 0.05) is 22.8 Å². The van der Waals surface area contributed by atoms with Crippen LogP contribution in [0.4, 0.5) is 5.69 Å². The molecule has 8 nitrogen and oxygen atoms in total. The van der Waals surface area contributed by atoms with Gasteiger partial charge in [-0.1, -0.05) is 44.5 Å². The lowest BCUT2D eigenvalue weighted by atomic mass is 10.1. The van der Waals surface area contributed by atoms with Crippen molar-refractivity contribution in [3.8, 4) is 5.75 Å². The number of anilines is 1. The summed E-state index contributed by atoms with van der Waals surface area (Å²) in [6.45, 7) is 6.59. The number of ether oxygens (including phenoxy) is 1. The Hall–Kier alpha value is -4.11. The normalized spacial score (nSPS) is 12.2. The van der Waals surface area contributed by atoms with Crippen LogP contribution in [0.1, 0.15) is 61.1 Å². The van der Waals surface area contributed by atoms with E-state index in [1.165, 1.54) is 24.4 Å². The molecule has 0 aliphatic carbocycles. The summed E-state index contributed by atoms with van der Waals surface area (Å²) < 4.78 is 34.3. The number of hydrogen-bond donors (Lipinski definition) is 3. The molecule has 1 atom stereocenters. The zero-order valence-electron chi connectivity index (χ0n) is 22.3. The van der Waals surface area contributed by atoms with Crippen molar-refractivity contribution in [1.82, 2.24) is 10.3 Å². The number of rotatable bonds is 11. The maximum Gasteiger partial charge on any atom is 0.261 e. The summed E-state index contributed by atoms with van der Waals surface area (Å²) in [6.07, 6.45) is 4.22. The number of H-pyrrole nitrogens is 1. The molecule has 0 saturated carbocycles. The Balaban J connectivity index is 1.52. The highest BCUT2D eigenvalue weighted by Crippen LogP contribution is 2.21. The lowest BCUT2D eigenvalue weighted by molar-refractivity contribution is 0.0938. The first kappa shape index (κ1) is 27.9. The van der Waals surface area contributed by atoms with E-state index in [1.807, 2.05) is 50.2 Å². The Morgan fingerprint density at radius 2 is 1.72 bits per heavy atom. The first-order chi connectivity index (χ1) is 18.7. The molecule has 0 aliphatic heterocycles. The standard InChI is InChI=1S/C30H33N3O5S/c1-4-6-17-38-24-13-9-22(10-14-24)20(3)32-30(35)27-19-31-28-16-15-25(18-26(28)29(27)34)39(36,37)33-23-11-7-21(5-2)8-12-23/h7-16,18-20,33H,4-6,17H2,1-3H3,(H,31,34)(H,32,35)/t20-/m1/s1. The van der Waals surface area contributed by atoms with Crippen LogP contribution in [-0.4, -0.2) is 25.9 Å². The van der Waals surface area contributed by atoms with Crippen LogP contribution in [0, 0.1) is 0 Å². The molecule has 0 bridgehead atoms. The molecule has 39 heavy (non-hydrogen) atoms.